The first kappa shape index (κ1) is 18.5. The van der Waals surface area contributed by atoms with Crippen molar-refractivity contribution in [1.29, 1.82) is 5.26 Å². The van der Waals surface area contributed by atoms with Gasteiger partial charge in [-0.25, -0.2) is 0 Å². The number of carbonyl (C=O) groups is 2. The standard InChI is InChI=1S/C24H19N3O2/c25-14-16-7-5-6-15(12-16)13-21(23(26)28)27-24(29)22-19-10-3-1-8-17(19)18-9-2-4-11-20(18)22/h1-12,21-22H,13H2,(H2,26,28)(H,27,29)/t21-/m0/s1. The average molecular weight is 381 g/mol. The van der Waals surface area contributed by atoms with Crippen molar-refractivity contribution in [3.63, 3.8) is 0 Å². The number of hydrogen-bond donors (Lipinski definition) is 2. The van der Waals surface area contributed by atoms with Crippen molar-refractivity contribution in [2.45, 2.75) is 18.4 Å². The van der Waals surface area contributed by atoms with Gasteiger partial charge in [-0.2, -0.15) is 5.26 Å². The lowest BCUT2D eigenvalue weighted by molar-refractivity contribution is -0.127. The molecular formula is C24H19N3O2. The molecule has 3 N–H and O–H groups in total. The normalized spacial score (nSPS) is 13.1. The van der Waals surface area contributed by atoms with Crippen molar-refractivity contribution in [2.24, 2.45) is 5.73 Å². The highest BCUT2D eigenvalue weighted by Gasteiger charge is 2.34. The van der Waals surface area contributed by atoms with Crippen LogP contribution in [0.25, 0.3) is 11.1 Å². The van der Waals surface area contributed by atoms with E-state index in [1.54, 1.807) is 18.2 Å². The summed E-state index contributed by atoms with van der Waals surface area (Å²) >= 11 is 0. The topological polar surface area (TPSA) is 96.0 Å². The van der Waals surface area contributed by atoms with Gasteiger partial charge in [-0.3, -0.25) is 9.59 Å². The third kappa shape index (κ3) is 3.48. The smallest absolute Gasteiger partial charge is 0.240 e. The van der Waals surface area contributed by atoms with Gasteiger partial charge >= 0.3 is 0 Å². The lowest BCUT2D eigenvalue weighted by atomic mass is 9.95. The van der Waals surface area contributed by atoms with Crippen molar-refractivity contribution in [3.05, 3.63) is 95.1 Å². The van der Waals surface area contributed by atoms with Crippen LogP contribution < -0.4 is 11.1 Å². The number of hydrogen-bond acceptors (Lipinski definition) is 3. The van der Waals surface area contributed by atoms with Crippen LogP contribution in [-0.4, -0.2) is 17.9 Å². The van der Waals surface area contributed by atoms with Gasteiger partial charge in [-0.15, -0.1) is 0 Å². The Hall–Kier alpha value is -3.91. The summed E-state index contributed by atoms with van der Waals surface area (Å²) < 4.78 is 0. The molecule has 1 atom stereocenters. The second kappa shape index (κ2) is 7.61. The van der Waals surface area contributed by atoms with Gasteiger partial charge in [0.2, 0.25) is 11.8 Å². The summed E-state index contributed by atoms with van der Waals surface area (Å²) in [6, 6.07) is 23.7. The van der Waals surface area contributed by atoms with E-state index in [9.17, 15) is 9.59 Å². The molecule has 0 heterocycles. The van der Waals surface area contributed by atoms with E-state index in [1.807, 2.05) is 54.6 Å². The molecule has 0 saturated heterocycles. The zero-order valence-electron chi connectivity index (χ0n) is 15.6. The van der Waals surface area contributed by atoms with Crippen molar-refractivity contribution in [3.8, 4) is 17.2 Å². The van der Waals surface area contributed by atoms with Crippen LogP contribution in [0.1, 0.15) is 28.2 Å². The van der Waals surface area contributed by atoms with Crippen LogP contribution in [-0.2, 0) is 16.0 Å². The molecule has 0 aliphatic heterocycles. The molecule has 0 bridgehead atoms. The fourth-order valence-electron chi connectivity index (χ4n) is 3.92. The van der Waals surface area contributed by atoms with Gasteiger partial charge in [0.1, 0.15) is 6.04 Å². The molecule has 0 saturated carbocycles. The van der Waals surface area contributed by atoms with E-state index < -0.39 is 17.9 Å². The van der Waals surface area contributed by atoms with Crippen LogP contribution >= 0.6 is 0 Å². The Morgan fingerprint density at radius 2 is 1.59 bits per heavy atom. The molecule has 2 amide bonds. The van der Waals surface area contributed by atoms with Crippen LogP contribution in [0.2, 0.25) is 0 Å². The van der Waals surface area contributed by atoms with E-state index >= 15 is 0 Å². The summed E-state index contributed by atoms with van der Waals surface area (Å²) in [5, 5.41) is 11.9. The van der Waals surface area contributed by atoms with Crippen molar-refractivity contribution in [1.82, 2.24) is 5.32 Å². The Kier molecular flexibility index (Phi) is 4.84. The Morgan fingerprint density at radius 3 is 2.17 bits per heavy atom. The van der Waals surface area contributed by atoms with Crippen molar-refractivity contribution < 1.29 is 9.59 Å². The SMILES string of the molecule is N#Cc1cccc(C[C@H](NC(=O)C2c3ccccc3-c3ccccc32)C(N)=O)c1. The summed E-state index contributed by atoms with van der Waals surface area (Å²) in [5.41, 5.74) is 10.7. The number of nitrogens with one attached hydrogen (secondary N) is 1. The third-order valence-corrected chi connectivity index (χ3v) is 5.25. The fourth-order valence-corrected chi connectivity index (χ4v) is 3.92. The molecule has 3 aromatic rings. The van der Waals surface area contributed by atoms with Crippen LogP contribution in [0.5, 0.6) is 0 Å². The van der Waals surface area contributed by atoms with Gasteiger partial charge in [0.15, 0.2) is 0 Å². The lowest BCUT2D eigenvalue weighted by Gasteiger charge is -2.20. The molecule has 5 nitrogen and oxygen atoms in total. The third-order valence-electron chi connectivity index (χ3n) is 5.25. The highest BCUT2D eigenvalue weighted by Crippen LogP contribution is 2.44. The van der Waals surface area contributed by atoms with Gasteiger partial charge in [0.25, 0.3) is 0 Å². The molecule has 4 rings (SSSR count). The molecule has 0 aromatic heterocycles. The first-order valence-electron chi connectivity index (χ1n) is 9.35. The monoisotopic (exact) mass is 381 g/mol. The second-order valence-corrected chi connectivity index (χ2v) is 7.09. The first-order valence-corrected chi connectivity index (χ1v) is 9.35. The van der Waals surface area contributed by atoms with E-state index in [1.165, 1.54) is 0 Å². The van der Waals surface area contributed by atoms with E-state index in [4.69, 9.17) is 11.0 Å². The number of nitrogens with zero attached hydrogens (tertiary/aromatic N) is 1. The minimum atomic E-state index is -0.864. The van der Waals surface area contributed by atoms with Gasteiger partial charge in [0, 0.05) is 6.42 Å². The Bertz CT molecular complexity index is 1100. The molecule has 0 unspecified atom stereocenters. The molecule has 0 radical (unpaired) electrons. The average Bonchev–Trinajstić information content (AvgIpc) is 3.08. The molecule has 3 aromatic carbocycles. The van der Waals surface area contributed by atoms with E-state index in [0.717, 1.165) is 27.8 Å². The highest BCUT2D eigenvalue weighted by atomic mass is 16.2. The maximum atomic E-state index is 13.2. The lowest BCUT2D eigenvalue weighted by Crippen LogP contribution is -2.47. The minimum absolute atomic E-state index is 0.229. The summed E-state index contributed by atoms with van der Waals surface area (Å²) in [5.74, 6) is -1.36. The van der Waals surface area contributed by atoms with Crippen LogP contribution in [0, 0.1) is 11.3 Å². The molecule has 5 heteroatoms. The van der Waals surface area contributed by atoms with Gasteiger partial charge in [0.05, 0.1) is 17.6 Å². The van der Waals surface area contributed by atoms with Crippen LogP contribution in [0.15, 0.2) is 72.8 Å². The van der Waals surface area contributed by atoms with Crippen molar-refractivity contribution >= 4 is 11.8 Å². The minimum Gasteiger partial charge on any atom is -0.368 e. The van der Waals surface area contributed by atoms with E-state index in [2.05, 4.69) is 11.4 Å². The van der Waals surface area contributed by atoms with Crippen molar-refractivity contribution in [2.75, 3.05) is 0 Å². The largest absolute Gasteiger partial charge is 0.368 e. The molecule has 0 fully saturated rings. The second-order valence-electron chi connectivity index (χ2n) is 7.09. The molecule has 0 spiro atoms. The van der Waals surface area contributed by atoms with E-state index in [-0.39, 0.29) is 12.3 Å². The molecule has 1 aliphatic rings. The number of primary amides is 1. The number of nitriles is 1. The number of amides is 2. The van der Waals surface area contributed by atoms with Gasteiger partial charge in [-0.1, -0.05) is 60.7 Å². The van der Waals surface area contributed by atoms with Gasteiger partial charge < -0.3 is 11.1 Å². The zero-order valence-corrected chi connectivity index (χ0v) is 15.6. The maximum Gasteiger partial charge on any atom is 0.240 e. The van der Waals surface area contributed by atoms with Crippen LogP contribution in [0.3, 0.4) is 0 Å². The molecular weight excluding hydrogens is 362 g/mol. The number of nitrogens with two attached hydrogens (primary N) is 1. The molecule has 1 aliphatic carbocycles. The van der Waals surface area contributed by atoms with Crippen LogP contribution in [0.4, 0.5) is 0 Å². The zero-order chi connectivity index (χ0) is 20.4. The Morgan fingerprint density at radius 1 is 0.966 bits per heavy atom. The highest BCUT2D eigenvalue weighted by molar-refractivity contribution is 5.98. The maximum absolute atomic E-state index is 13.2. The summed E-state index contributed by atoms with van der Waals surface area (Å²) in [7, 11) is 0. The predicted molar refractivity (Wildman–Crippen MR) is 110 cm³/mol. The quantitative estimate of drug-likeness (QED) is 0.711. The number of fused-ring (bicyclic) bond motifs is 3. The van der Waals surface area contributed by atoms with E-state index in [0.29, 0.717) is 5.56 Å². The molecule has 29 heavy (non-hydrogen) atoms. The summed E-state index contributed by atoms with van der Waals surface area (Å²) in [6.07, 6.45) is 0.229. The molecule has 142 valence electrons. The Labute approximate surface area is 168 Å². The summed E-state index contributed by atoms with van der Waals surface area (Å²) in [4.78, 5) is 25.3. The Balaban J connectivity index is 1.62. The number of benzene rings is 3. The number of carbonyl (C=O) groups excluding carboxylic acids is 2. The fraction of sp³-hybridized carbons (Fsp3) is 0.125. The summed E-state index contributed by atoms with van der Waals surface area (Å²) in [6.45, 7) is 0. The number of rotatable bonds is 5. The predicted octanol–water partition coefficient (Wildman–Crippen LogP) is 2.88. The first-order chi connectivity index (χ1) is 14.1. The van der Waals surface area contributed by atoms with Gasteiger partial charge in [-0.05, 0) is 39.9 Å².